The lowest BCUT2D eigenvalue weighted by Gasteiger charge is -2.20. The number of amides is 1. The second kappa shape index (κ2) is 9.74. The van der Waals surface area contributed by atoms with Gasteiger partial charge in [0.25, 0.3) is 0 Å². The molecule has 2 aromatic rings. The predicted molar refractivity (Wildman–Crippen MR) is 124 cm³/mol. The van der Waals surface area contributed by atoms with Crippen LogP contribution in [0.1, 0.15) is 70.9 Å². The van der Waals surface area contributed by atoms with Gasteiger partial charge in [0.15, 0.2) is 11.0 Å². The fourth-order valence-electron chi connectivity index (χ4n) is 4.40. The van der Waals surface area contributed by atoms with Crippen LogP contribution in [0.5, 0.6) is 0 Å². The quantitative estimate of drug-likeness (QED) is 0.627. The van der Waals surface area contributed by atoms with E-state index in [2.05, 4.69) is 65.1 Å². The number of ether oxygens (including phenoxy) is 1. The highest BCUT2D eigenvalue weighted by atomic mass is 32.2. The standard InChI is InChI=1S/C24H34N4O2S/c1-24(2,3)18-12-10-17(11-13-18)22-26-27-23(28(22)19-7-4-5-8-19)31-16-21(29)25-15-20-9-6-14-30-20/h10-13,19-20H,4-9,14-16H2,1-3H3,(H,25,29)/t20-/m1/s1. The van der Waals surface area contributed by atoms with Gasteiger partial charge in [0.1, 0.15) is 0 Å². The van der Waals surface area contributed by atoms with Crippen LogP contribution in [0.15, 0.2) is 29.4 Å². The fraction of sp³-hybridized carbons (Fsp3) is 0.625. The average molecular weight is 443 g/mol. The first-order valence-electron chi connectivity index (χ1n) is 11.5. The van der Waals surface area contributed by atoms with Gasteiger partial charge in [-0.2, -0.15) is 0 Å². The van der Waals surface area contributed by atoms with Crippen molar-refractivity contribution in [2.45, 2.75) is 82.0 Å². The van der Waals surface area contributed by atoms with Crippen LogP contribution in [0.3, 0.4) is 0 Å². The summed E-state index contributed by atoms with van der Waals surface area (Å²) in [5.74, 6) is 1.28. The van der Waals surface area contributed by atoms with Gasteiger partial charge in [-0.3, -0.25) is 9.36 Å². The third-order valence-electron chi connectivity index (χ3n) is 6.25. The van der Waals surface area contributed by atoms with E-state index in [0.717, 1.165) is 48.8 Å². The van der Waals surface area contributed by atoms with Crippen molar-refractivity contribution in [3.05, 3.63) is 29.8 Å². The number of nitrogens with one attached hydrogen (secondary N) is 1. The molecule has 1 saturated heterocycles. The summed E-state index contributed by atoms with van der Waals surface area (Å²) in [5, 5.41) is 12.9. The smallest absolute Gasteiger partial charge is 0.230 e. The van der Waals surface area contributed by atoms with Crippen LogP contribution in [0.25, 0.3) is 11.4 Å². The number of aromatic nitrogens is 3. The van der Waals surface area contributed by atoms with Crippen LogP contribution in [0.2, 0.25) is 0 Å². The number of carbonyl (C=O) groups is 1. The molecule has 2 fully saturated rings. The first kappa shape index (κ1) is 22.3. The monoisotopic (exact) mass is 442 g/mol. The largest absolute Gasteiger partial charge is 0.376 e. The van der Waals surface area contributed by atoms with Crippen molar-refractivity contribution in [2.24, 2.45) is 0 Å². The summed E-state index contributed by atoms with van der Waals surface area (Å²) in [6, 6.07) is 9.09. The van der Waals surface area contributed by atoms with E-state index in [1.165, 1.54) is 30.2 Å². The van der Waals surface area contributed by atoms with Gasteiger partial charge in [-0.15, -0.1) is 10.2 Å². The fourth-order valence-corrected chi connectivity index (χ4v) is 5.23. The Morgan fingerprint density at radius 2 is 1.87 bits per heavy atom. The van der Waals surface area contributed by atoms with E-state index in [1.54, 1.807) is 0 Å². The van der Waals surface area contributed by atoms with E-state index < -0.39 is 0 Å². The van der Waals surface area contributed by atoms with Crippen LogP contribution >= 0.6 is 11.8 Å². The molecule has 0 radical (unpaired) electrons. The van der Waals surface area contributed by atoms with Gasteiger partial charge >= 0.3 is 0 Å². The highest BCUT2D eigenvalue weighted by molar-refractivity contribution is 7.99. The Hall–Kier alpha value is -1.86. The molecular weight excluding hydrogens is 408 g/mol. The summed E-state index contributed by atoms with van der Waals surface area (Å²) >= 11 is 1.48. The van der Waals surface area contributed by atoms with Crippen molar-refractivity contribution in [3.8, 4) is 11.4 Å². The van der Waals surface area contributed by atoms with Gasteiger partial charge in [0.05, 0.1) is 11.9 Å². The molecule has 31 heavy (non-hydrogen) atoms. The molecule has 7 heteroatoms. The molecule has 6 nitrogen and oxygen atoms in total. The SMILES string of the molecule is CC(C)(C)c1ccc(-c2nnc(SCC(=O)NC[C@H]3CCCO3)n2C2CCCC2)cc1. The maximum absolute atomic E-state index is 12.4. The molecule has 1 saturated carbocycles. The lowest BCUT2D eigenvalue weighted by atomic mass is 9.86. The molecule has 2 aliphatic rings. The first-order chi connectivity index (χ1) is 14.9. The van der Waals surface area contributed by atoms with Crippen molar-refractivity contribution in [2.75, 3.05) is 18.9 Å². The van der Waals surface area contributed by atoms with Crippen LogP contribution in [-0.2, 0) is 14.9 Å². The van der Waals surface area contributed by atoms with E-state index >= 15 is 0 Å². The molecule has 1 aromatic heterocycles. The van der Waals surface area contributed by atoms with Gasteiger partial charge in [-0.1, -0.05) is 69.6 Å². The maximum atomic E-state index is 12.4. The Kier molecular flexibility index (Phi) is 7.02. The van der Waals surface area contributed by atoms with Crippen molar-refractivity contribution in [1.82, 2.24) is 20.1 Å². The van der Waals surface area contributed by atoms with E-state index in [-0.39, 0.29) is 17.4 Å². The van der Waals surface area contributed by atoms with Crippen LogP contribution in [0, 0.1) is 0 Å². The molecule has 168 valence electrons. The zero-order valence-electron chi connectivity index (χ0n) is 18.9. The lowest BCUT2D eigenvalue weighted by molar-refractivity contribution is -0.119. The zero-order valence-corrected chi connectivity index (χ0v) is 19.7. The van der Waals surface area contributed by atoms with Crippen molar-refractivity contribution in [3.63, 3.8) is 0 Å². The number of benzene rings is 1. The molecule has 1 atom stereocenters. The van der Waals surface area contributed by atoms with Crippen molar-refractivity contribution >= 4 is 17.7 Å². The number of hydrogen-bond acceptors (Lipinski definition) is 5. The Balaban J connectivity index is 1.47. The number of hydrogen-bond donors (Lipinski definition) is 1. The van der Waals surface area contributed by atoms with Gasteiger partial charge < -0.3 is 10.1 Å². The summed E-state index contributed by atoms with van der Waals surface area (Å²) in [7, 11) is 0. The van der Waals surface area contributed by atoms with Crippen molar-refractivity contribution < 1.29 is 9.53 Å². The van der Waals surface area contributed by atoms with E-state index in [0.29, 0.717) is 18.3 Å². The van der Waals surface area contributed by atoms with Crippen molar-refractivity contribution in [1.29, 1.82) is 0 Å². The summed E-state index contributed by atoms with van der Waals surface area (Å²) in [5.41, 5.74) is 2.51. The van der Waals surface area contributed by atoms with Gasteiger partial charge in [-0.05, 0) is 36.7 Å². The molecular formula is C24H34N4O2S. The topological polar surface area (TPSA) is 69.0 Å². The van der Waals surface area contributed by atoms with Crippen LogP contribution in [-0.4, -0.2) is 45.7 Å². The molecule has 1 aliphatic carbocycles. The highest BCUT2D eigenvalue weighted by Crippen LogP contribution is 2.37. The summed E-state index contributed by atoms with van der Waals surface area (Å²) in [6.07, 6.45) is 7.03. The third-order valence-corrected chi connectivity index (χ3v) is 7.19. The normalized spacial score (nSPS) is 19.8. The van der Waals surface area contributed by atoms with E-state index in [1.807, 2.05) is 0 Å². The van der Waals surface area contributed by atoms with E-state index in [4.69, 9.17) is 4.74 Å². The van der Waals surface area contributed by atoms with Crippen LogP contribution < -0.4 is 5.32 Å². The molecule has 1 aromatic carbocycles. The molecule has 1 amide bonds. The first-order valence-corrected chi connectivity index (χ1v) is 12.5. The number of rotatable bonds is 7. The maximum Gasteiger partial charge on any atom is 0.230 e. The summed E-state index contributed by atoms with van der Waals surface area (Å²) in [6.45, 7) is 8.07. The minimum absolute atomic E-state index is 0.0255. The second-order valence-corrected chi connectivity index (χ2v) is 10.6. The molecule has 1 N–H and O–H groups in total. The Morgan fingerprint density at radius 3 is 2.52 bits per heavy atom. The molecule has 0 unspecified atom stereocenters. The highest BCUT2D eigenvalue weighted by Gasteiger charge is 2.26. The zero-order chi connectivity index (χ0) is 21.8. The molecule has 4 rings (SSSR count). The van der Waals surface area contributed by atoms with Crippen LogP contribution in [0.4, 0.5) is 0 Å². The Labute approximate surface area is 189 Å². The second-order valence-electron chi connectivity index (χ2n) is 9.67. The average Bonchev–Trinajstić information content (AvgIpc) is 3.51. The van der Waals surface area contributed by atoms with Gasteiger partial charge in [0, 0.05) is 24.8 Å². The summed E-state index contributed by atoms with van der Waals surface area (Å²) in [4.78, 5) is 12.4. The predicted octanol–water partition coefficient (Wildman–Crippen LogP) is 4.75. The minimum atomic E-state index is 0.0255. The molecule has 0 spiro atoms. The van der Waals surface area contributed by atoms with Gasteiger partial charge in [-0.25, -0.2) is 0 Å². The Morgan fingerprint density at radius 1 is 1.13 bits per heavy atom. The summed E-state index contributed by atoms with van der Waals surface area (Å²) < 4.78 is 7.86. The number of thioether (sulfide) groups is 1. The van der Waals surface area contributed by atoms with E-state index in [9.17, 15) is 4.79 Å². The third kappa shape index (κ3) is 5.50. The number of nitrogens with zero attached hydrogens (tertiary/aromatic N) is 3. The lowest BCUT2D eigenvalue weighted by Crippen LogP contribution is -2.33. The molecule has 2 heterocycles. The van der Waals surface area contributed by atoms with Gasteiger partial charge in [0.2, 0.25) is 5.91 Å². The molecule has 0 bridgehead atoms. The number of carbonyl (C=O) groups excluding carboxylic acids is 1. The Bertz CT molecular complexity index is 876. The minimum Gasteiger partial charge on any atom is -0.376 e. The molecule has 1 aliphatic heterocycles.